The molecule has 0 unspecified atom stereocenters. The number of methoxy groups -OCH3 is 3. The second-order valence-electron chi connectivity index (χ2n) is 7.32. The van der Waals surface area contributed by atoms with Gasteiger partial charge in [0.25, 0.3) is 0 Å². The Bertz CT molecular complexity index is 1000. The van der Waals surface area contributed by atoms with E-state index in [4.69, 9.17) is 14.2 Å². The van der Waals surface area contributed by atoms with Crippen molar-refractivity contribution in [3.63, 3.8) is 0 Å². The van der Waals surface area contributed by atoms with Crippen molar-refractivity contribution in [2.45, 2.75) is 19.9 Å². The van der Waals surface area contributed by atoms with Gasteiger partial charge in [0, 0.05) is 19.5 Å². The number of anilines is 1. The lowest BCUT2D eigenvalue weighted by molar-refractivity contribution is -0.126. The van der Waals surface area contributed by atoms with Crippen LogP contribution < -0.4 is 19.7 Å². The molecule has 1 fully saturated rings. The average Bonchev–Trinajstić information content (AvgIpc) is 3.18. The van der Waals surface area contributed by atoms with Gasteiger partial charge in [-0.05, 0) is 42.3 Å². The van der Waals surface area contributed by atoms with Crippen LogP contribution in [0.1, 0.15) is 27.9 Å². The Labute approximate surface area is 181 Å². The molecule has 1 saturated heterocycles. The number of amides is 2. The van der Waals surface area contributed by atoms with Gasteiger partial charge in [0.15, 0.2) is 0 Å². The van der Waals surface area contributed by atoms with Crippen molar-refractivity contribution in [2.75, 3.05) is 32.8 Å². The summed E-state index contributed by atoms with van der Waals surface area (Å²) in [5.41, 5.74) is 2.67. The van der Waals surface area contributed by atoms with Gasteiger partial charge >= 0.3 is 5.97 Å². The van der Waals surface area contributed by atoms with Gasteiger partial charge in [-0.3, -0.25) is 9.59 Å². The van der Waals surface area contributed by atoms with Crippen molar-refractivity contribution in [2.24, 2.45) is 5.92 Å². The molecule has 31 heavy (non-hydrogen) atoms. The van der Waals surface area contributed by atoms with E-state index in [1.807, 2.05) is 25.1 Å². The van der Waals surface area contributed by atoms with Crippen molar-refractivity contribution in [3.05, 3.63) is 53.1 Å². The maximum Gasteiger partial charge on any atom is 0.341 e. The normalized spacial score (nSPS) is 15.5. The number of aryl methyl sites for hydroxylation is 1. The lowest BCUT2D eigenvalue weighted by Gasteiger charge is -2.20. The molecule has 0 radical (unpaired) electrons. The molecule has 2 amide bonds. The summed E-state index contributed by atoms with van der Waals surface area (Å²) >= 11 is 0. The van der Waals surface area contributed by atoms with Crippen LogP contribution in [0.4, 0.5) is 5.69 Å². The standard InChI is InChI=1S/C23H26N2O6/c1-14-5-7-20(30-3)18(9-14)25-13-16(11-21(25)26)22(27)24-12-15-6-8-19(29-2)17(10-15)23(28)31-4/h5-10,16H,11-13H2,1-4H3,(H,24,27)/t16-/m1/s1. The molecule has 0 aliphatic carbocycles. The quantitative estimate of drug-likeness (QED) is 0.684. The van der Waals surface area contributed by atoms with Gasteiger partial charge < -0.3 is 24.4 Å². The summed E-state index contributed by atoms with van der Waals surface area (Å²) in [5, 5.41) is 2.85. The molecule has 8 nitrogen and oxygen atoms in total. The van der Waals surface area contributed by atoms with Gasteiger partial charge in [0.1, 0.15) is 17.1 Å². The number of ether oxygens (including phenoxy) is 3. The van der Waals surface area contributed by atoms with E-state index >= 15 is 0 Å². The highest BCUT2D eigenvalue weighted by molar-refractivity contribution is 6.01. The van der Waals surface area contributed by atoms with Crippen molar-refractivity contribution < 1.29 is 28.6 Å². The van der Waals surface area contributed by atoms with Gasteiger partial charge in [0.2, 0.25) is 11.8 Å². The lowest BCUT2D eigenvalue weighted by atomic mass is 10.1. The molecule has 1 heterocycles. The molecule has 1 aliphatic heterocycles. The van der Waals surface area contributed by atoms with Crippen LogP contribution in [0.5, 0.6) is 11.5 Å². The van der Waals surface area contributed by atoms with Crippen molar-refractivity contribution in [1.29, 1.82) is 0 Å². The first-order valence-corrected chi connectivity index (χ1v) is 9.85. The topological polar surface area (TPSA) is 94.2 Å². The van der Waals surface area contributed by atoms with E-state index in [1.54, 1.807) is 30.2 Å². The summed E-state index contributed by atoms with van der Waals surface area (Å²) < 4.78 is 15.3. The highest BCUT2D eigenvalue weighted by Gasteiger charge is 2.36. The summed E-state index contributed by atoms with van der Waals surface area (Å²) in [4.78, 5) is 38.8. The van der Waals surface area contributed by atoms with Crippen LogP contribution in [-0.4, -0.2) is 45.7 Å². The van der Waals surface area contributed by atoms with E-state index < -0.39 is 11.9 Å². The first kappa shape index (κ1) is 22.1. The highest BCUT2D eigenvalue weighted by Crippen LogP contribution is 2.34. The van der Waals surface area contributed by atoms with E-state index in [2.05, 4.69) is 5.32 Å². The molecule has 8 heteroatoms. The lowest BCUT2D eigenvalue weighted by Crippen LogP contribution is -2.32. The van der Waals surface area contributed by atoms with Crippen LogP contribution in [0, 0.1) is 12.8 Å². The summed E-state index contributed by atoms with van der Waals surface area (Å²) in [6, 6.07) is 10.6. The highest BCUT2D eigenvalue weighted by atomic mass is 16.5. The number of benzene rings is 2. The predicted octanol–water partition coefficient (Wildman–Crippen LogP) is 2.47. The zero-order valence-electron chi connectivity index (χ0n) is 18.1. The molecule has 1 atom stereocenters. The van der Waals surface area contributed by atoms with Crippen LogP contribution in [0.25, 0.3) is 0 Å². The Hall–Kier alpha value is -3.55. The van der Waals surface area contributed by atoms with Gasteiger partial charge in [-0.2, -0.15) is 0 Å². The number of rotatable bonds is 7. The van der Waals surface area contributed by atoms with Crippen molar-refractivity contribution in [1.82, 2.24) is 5.32 Å². The molecule has 2 aromatic rings. The van der Waals surface area contributed by atoms with Crippen LogP contribution in [0.2, 0.25) is 0 Å². The molecular formula is C23H26N2O6. The van der Waals surface area contributed by atoms with Gasteiger partial charge in [-0.1, -0.05) is 12.1 Å². The Morgan fingerprint density at radius 1 is 1.06 bits per heavy atom. The molecule has 0 saturated carbocycles. The summed E-state index contributed by atoms with van der Waals surface area (Å²) in [6.07, 6.45) is 0.124. The van der Waals surface area contributed by atoms with E-state index in [1.165, 1.54) is 14.2 Å². The maximum atomic E-state index is 12.7. The second kappa shape index (κ2) is 9.51. The van der Waals surface area contributed by atoms with E-state index in [0.717, 1.165) is 11.1 Å². The second-order valence-corrected chi connectivity index (χ2v) is 7.32. The molecule has 3 rings (SSSR count). The Morgan fingerprint density at radius 3 is 2.45 bits per heavy atom. The van der Waals surface area contributed by atoms with Gasteiger partial charge in [-0.15, -0.1) is 0 Å². The third kappa shape index (κ3) is 4.79. The fourth-order valence-electron chi connectivity index (χ4n) is 3.60. The number of carbonyl (C=O) groups is 3. The fourth-order valence-corrected chi connectivity index (χ4v) is 3.60. The number of nitrogens with zero attached hydrogens (tertiary/aromatic N) is 1. The van der Waals surface area contributed by atoms with Gasteiger partial charge in [-0.25, -0.2) is 4.79 Å². The summed E-state index contributed by atoms with van der Waals surface area (Å²) in [5.74, 6) is -0.357. The maximum absolute atomic E-state index is 12.7. The van der Waals surface area contributed by atoms with Gasteiger partial charge in [0.05, 0.1) is 32.9 Å². The van der Waals surface area contributed by atoms with E-state index in [-0.39, 0.29) is 36.9 Å². The van der Waals surface area contributed by atoms with Crippen LogP contribution in [0.15, 0.2) is 36.4 Å². The summed E-state index contributed by atoms with van der Waals surface area (Å²) in [7, 11) is 4.31. The Balaban J connectivity index is 1.68. The minimum atomic E-state index is -0.519. The molecule has 164 valence electrons. The number of esters is 1. The van der Waals surface area contributed by atoms with Crippen LogP contribution in [-0.2, 0) is 20.9 Å². The minimum absolute atomic E-state index is 0.124. The predicted molar refractivity (Wildman–Crippen MR) is 114 cm³/mol. The first-order chi connectivity index (χ1) is 14.9. The molecule has 0 aromatic heterocycles. The zero-order chi connectivity index (χ0) is 22.5. The molecule has 2 aromatic carbocycles. The van der Waals surface area contributed by atoms with Crippen molar-refractivity contribution >= 4 is 23.5 Å². The third-order valence-electron chi connectivity index (χ3n) is 5.26. The Kier molecular flexibility index (Phi) is 6.79. The number of hydrogen-bond donors (Lipinski definition) is 1. The smallest absolute Gasteiger partial charge is 0.341 e. The number of carbonyl (C=O) groups excluding carboxylic acids is 3. The number of hydrogen-bond acceptors (Lipinski definition) is 6. The first-order valence-electron chi connectivity index (χ1n) is 9.85. The van der Waals surface area contributed by atoms with Crippen LogP contribution >= 0.6 is 0 Å². The minimum Gasteiger partial charge on any atom is -0.496 e. The third-order valence-corrected chi connectivity index (χ3v) is 5.26. The number of nitrogens with one attached hydrogen (secondary N) is 1. The van der Waals surface area contributed by atoms with E-state index in [0.29, 0.717) is 17.2 Å². The SMILES string of the molecule is COC(=O)c1cc(CNC(=O)[C@@H]2CC(=O)N(c3cc(C)ccc3OC)C2)ccc1OC. The summed E-state index contributed by atoms with van der Waals surface area (Å²) in [6.45, 7) is 2.43. The molecule has 0 spiro atoms. The molecular weight excluding hydrogens is 400 g/mol. The zero-order valence-corrected chi connectivity index (χ0v) is 18.1. The largest absolute Gasteiger partial charge is 0.496 e. The van der Waals surface area contributed by atoms with Crippen molar-refractivity contribution in [3.8, 4) is 11.5 Å². The average molecular weight is 426 g/mol. The Morgan fingerprint density at radius 2 is 1.77 bits per heavy atom. The fraction of sp³-hybridized carbons (Fsp3) is 0.348. The monoisotopic (exact) mass is 426 g/mol. The molecule has 1 N–H and O–H groups in total. The molecule has 0 bridgehead atoms. The molecule has 1 aliphatic rings. The van der Waals surface area contributed by atoms with E-state index in [9.17, 15) is 14.4 Å². The van der Waals surface area contributed by atoms with Crippen LogP contribution in [0.3, 0.4) is 0 Å².